The van der Waals surface area contributed by atoms with Crippen molar-refractivity contribution in [3.63, 3.8) is 0 Å². The topological polar surface area (TPSA) is 50.5 Å². The third kappa shape index (κ3) is 4.52. The second-order valence-corrected chi connectivity index (χ2v) is 9.50. The molecule has 5 nitrogen and oxygen atoms in total. The Labute approximate surface area is 196 Å². The summed E-state index contributed by atoms with van der Waals surface area (Å²) in [7, 11) is 0. The highest BCUT2D eigenvalue weighted by Gasteiger charge is 2.28. The minimum absolute atomic E-state index is 0.0837. The van der Waals surface area contributed by atoms with Crippen LogP contribution in [0.3, 0.4) is 0 Å². The molecule has 1 fully saturated rings. The second-order valence-electron chi connectivity index (χ2n) is 8.02. The lowest BCUT2D eigenvalue weighted by Crippen LogP contribution is -2.39. The minimum atomic E-state index is 0.0837. The number of benzene rings is 2. The molecule has 5 rings (SSSR count). The summed E-state index contributed by atoms with van der Waals surface area (Å²) in [4.78, 5) is 16.3. The van der Waals surface area contributed by atoms with Gasteiger partial charge in [-0.25, -0.2) is 0 Å². The number of carbonyl (C=O) groups excluding carboxylic acids is 1. The molecule has 2 aromatic carbocycles. The smallest absolute Gasteiger partial charge is 0.253 e. The van der Waals surface area contributed by atoms with Crippen LogP contribution in [0, 0.1) is 0 Å². The van der Waals surface area contributed by atoms with Crippen LogP contribution in [-0.2, 0) is 5.75 Å². The van der Waals surface area contributed by atoms with Gasteiger partial charge in [0, 0.05) is 46.4 Å². The molecule has 1 unspecified atom stereocenters. The number of hydrogen-bond donors (Lipinski definition) is 0. The zero-order valence-corrected chi connectivity index (χ0v) is 19.1. The summed E-state index contributed by atoms with van der Waals surface area (Å²) in [6.45, 7) is 1.45. The number of amides is 1. The molecule has 1 saturated heterocycles. The Balaban J connectivity index is 1.24. The van der Waals surface area contributed by atoms with E-state index in [4.69, 9.17) is 11.6 Å². The van der Waals surface area contributed by atoms with E-state index in [1.807, 2.05) is 82.2 Å². The number of nitrogens with zero attached hydrogens (tertiary/aromatic N) is 4. The van der Waals surface area contributed by atoms with E-state index in [1.54, 1.807) is 11.8 Å². The molecular weight excluding hydrogens is 440 g/mol. The summed E-state index contributed by atoms with van der Waals surface area (Å²) < 4.78 is 2.03. The molecule has 0 aliphatic carbocycles. The number of halogens is 1. The van der Waals surface area contributed by atoms with Gasteiger partial charge >= 0.3 is 0 Å². The molecule has 1 amide bonds. The van der Waals surface area contributed by atoms with Crippen LogP contribution in [0.4, 0.5) is 0 Å². The van der Waals surface area contributed by atoms with E-state index in [0.29, 0.717) is 6.54 Å². The average molecular weight is 463 g/mol. The molecule has 162 valence electrons. The Kier molecular flexibility index (Phi) is 6.14. The van der Waals surface area contributed by atoms with E-state index >= 15 is 0 Å². The second kappa shape index (κ2) is 9.35. The molecule has 1 aliphatic rings. The number of piperidine rings is 1. The molecule has 1 atom stereocenters. The Bertz CT molecular complexity index is 1220. The van der Waals surface area contributed by atoms with Crippen molar-refractivity contribution in [3.05, 3.63) is 94.9 Å². The molecule has 0 radical (unpaired) electrons. The van der Waals surface area contributed by atoms with Crippen LogP contribution in [0.2, 0.25) is 5.02 Å². The van der Waals surface area contributed by atoms with Gasteiger partial charge in [0.05, 0.1) is 0 Å². The number of fused-ring (bicyclic) bond motifs is 1. The number of likely N-dealkylation sites (tertiary alicyclic amines) is 1. The van der Waals surface area contributed by atoms with Crippen LogP contribution in [0.1, 0.15) is 40.5 Å². The molecule has 4 aromatic rings. The Morgan fingerprint density at radius 1 is 1.03 bits per heavy atom. The molecule has 1 aliphatic heterocycles. The summed E-state index contributed by atoms with van der Waals surface area (Å²) in [6.07, 6.45) is 3.97. The van der Waals surface area contributed by atoms with E-state index in [-0.39, 0.29) is 11.8 Å². The predicted octanol–water partition coefficient (Wildman–Crippen LogP) is 5.69. The number of pyridine rings is 1. The monoisotopic (exact) mass is 462 g/mol. The van der Waals surface area contributed by atoms with Crippen LogP contribution < -0.4 is 0 Å². The van der Waals surface area contributed by atoms with Gasteiger partial charge in [-0.05, 0) is 66.9 Å². The maximum Gasteiger partial charge on any atom is 0.253 e. The molecule has 3 heterocycles. The fraction of sp³-hybridized carbons (Fsp3) is 0.240. The van der Waals surface area contributed by atoms with E-state index < -0.39 is 0 Å². The third-order valence-electron chi connectivity index (χ3n) is 5.83. The van der Waals surface area contributed by atoms with Gasteiger partial charge in [0.15, 0.2) is 5.65 Å². The zero-order chi connectivity index (χ0) is 21.9. The highest BCUT2D eigenvalue weighted by Crippen LogP contribution is 2.28. The van der Waals surface area contributed by atoms with E-state index in [0.717, 1.165) is 47.2 Å². The lowest BCUT2D eigenvalue weighted by Gasteiger charge is -2.32. The van der Waals surface area contributed by atoms with Gasteiger partial charge < -0.3 is 4.90 Å². The first-order valence-corrected chi connectivity index (χ1v) is 12.1. The maximum atomic E-state index is 13.2. The fourth-order valence-corrected chi connectivity index (χ4v) is 5.11. The quantitative estimate of drug-likeness (QED) is 0.357. The lowest BCUT2D eigenvalue weighted by molar-refractivity contribution is 0.0704. The van der Waals surface area contributed by atoms with Crippen LogP contribution in [0.15, 0.2) is 77.8 Å². The fourth-order valence-electron chi connectivity index (χ4n) is 4.13. The Morgan fingerprint density at radius 3 is 2.66 bits per heavy atom. The molecule has 2 aromatic heterocycles. The molecular formula is C25H23ClN4OS. The first-order valence-electron chi connectivity index (χ1n) is 10.7. The molecule has 32 heavy (non-hydrogen) atoms. The van der Waals surface area contributed by atoms with Crippen LogP contribution in [0.5, 0.6) is 0 Å². The summed E-state index contributed by atoms with van der Waals surface area (Å²) in [5, 5.41) is 9.43. The van der Waals surface area contributed by atoms with Crippen molar-refractivity contribution in [2.75, 3.05) is 13.1 Å². The van der Waals surface area contributed by atoms with E-state index in [1.165, 1.54) is 10.5 Å². The zero-order valence-electron chi connectivity index (χ0n) is 17.5. The normalized spacial score (nSPS) is 16.4. The van der Waals surface area contributed by atoms with Crippen molar-refractivity contribution >= 4 is 34.9 Å². The number of rotatable bonds is 5. The number of carbonyl (C=O) groups is 1. The van der Waals surface area contributed by atoms with Crippen LogP contribution in [0.25, 0.3) is 5.65 Å². The van der Waals surface area contributed by atoms with E-state index in [9.17, 15) is 4.79 Å². The van der Waals surface area contributed by atoms with Gasteiger partial charge in [-0.1, -0.05) is 29.8 Å². The largest absolute Gasteiger partial charge is 0.338 e. The standard InChI is InChI=1S/C25H23ClN4OS/c26-21-10-12-22(13-11-21)32-17-18-6-8-19(9-7-18)25(31)29-14-3-4-20(16-29)24-28-27-23-5-1-2-15-30(23)24/h1-2,5-13,15,20H,3-4,14,16-17H2. The summed E-state index contributed by atoms with van der Waals surface area (Å²) >= 11 is 7.71. The van der Waals surface area contributed by atoms with Crippen molar-refractivity contribution in [1.29, 1.82) is 0 Å². The van der Waals surface area contributed by atoms with Crippen LogP contribution >= 0.6 is 23.4 Å². The number of thioether (sulfide) groups is 1. The average Bonchev–Trinajstić information content (AvgIpc) is 3.28. The van der Waals surface area contributed by atoms with Gasteiger partial charge in [0.25, 0.3) is 5.91 Å². The van der Waals surface area contributed by atoms with Crippen molar-refractivity contribution in [2.24, 2.45) is 0 Å². The molecule has 0 bridgehead atoms. The lowest BCUT2D eigenvalue weighted by atomic mass is 9.96. The Morgan fingerprint density at radius 2 is 1.84 bits per heavy atom. The molecule has 0 N–H and O–H groups in total. The first-order chi connectivity index (χ1) is 15.7. The van der Waals surface area contributed by atoms with Gasteiger partial charge in [-0.15, -0.1) is 22.0 Å². The Hall–Kier alpha value is -2.83. The number of aromatic nitrogens is 3. The van der Waals surface area contributed by atoms with E-state index in [2.05, 4.69) is 10.2 Å². The summed E-state index contributed by atoms with van der Waals surface area (Å²) in [6, 6.07) is 21.7. The van der Waals surface area contributed by atoms with Gasteiger partial charge in [-0.2, -0.15) is 0 Å². The summed E-state index contributed by atoms with van der Waals surface area (Å²) in [5.41, 5.74) is 2.77. The predicted molar refractivity (Wildman–Crippen MR) is 128 cm³/mol. The highest BCUT2D eigenvalue weighted by molar-refractivity contribution is 7.98. The van der Waals surface area contributed by atoms with Crippen LogP contribution in [-0.4, -0.2) is 38.5 Å². The molecule has 7 heteroatoms. The van der Waals surface area contributed by atoms with Crippen molar-refractivity contribution in [2.45, 2.75) is 29.4 Å². The van der Waals surface area contributed by atoms with Gasteiger partial charge in [0.2, 0.25) is 0 Å². The summed E-state index contributed by atoms with van der Waals surface area (Å²) in [5.74, 6) is 2.07. The first kappa shape index (κ1) is 21.0. The maximum absolute atomic E-state index is 13.2. The van der Waals surface area contributed by atoms with Crippen molar-refractivity contribution in [3.8, 4) is 0 Å². The van der Waals surface area contributed by atoms with Crippen molar-refractivity contribution in [1.82, 2.24) is 19.5 Å². The third-order valence-corrected chi connectivity index (χ3v) is 7.17. The highest BCUT2D eigenvalue weighted by atomic mass is 35.5. The van der Waals surface area contributed by atoms with Crippen molar-refractivity contribution < 1.29 is 4.79 Å². The van der Waals surface area contributed by atoms with Gasteiger partial charge in [0.1, 0.15) is 5.82 Å². The number of hydrogen-bond acceptors (Lipinski definition) is 4. The molecule has 0 spiro atoms. The molecule has 0 saturated carbocycles. The van der Waals surface area contributed by atoms with Gasteiger partial charge in [-0.3, -0.25) is 9.20 Å². The minimum Gasteiger partial charge on any atom is -0.338 e. The SMILES string of the molecule is O=C(c1ccc(CSc2ccc(Cl)cc2)cc1)N1CCCC(c2nnc3ccccn23)C1.